The Labute approximate surface area is 118 Å². The fourth-order valence-electron chi connectivity index (χ4n) is 2.16. The van der Waals surface area contributed by atoms with E-state index in [-0.39, 0.29) is 34.2 Å². The van der Waals surface area contributed by atoms with Crippen molar-refractivity contribution in [2.75, 3.05) is 19.7 Å². The number of halogens is 1. The van der Waals surface area contributed by atoms with Crippen molar-refractivity contribution in [2.45, 2.75) is 6.42 Å². The number of aliphatic hydroxyl groups is 1. The molecular weight excluding hydrogens is 316 g/mol. The predicted octanol–water partition coefficient (Wildman–Crippen LogP) is 1.81. The molecule has 1 amide bonds. The van der Waals surface area contributed by atoms with E-state index in [9.17, 15) is 14.9 Å². The lowest BCUT2D eigenvalue weighted by molar-refractivity contribution is -0.385. The first kappa shape index (κ1) is 14.0. The van der Waals surface area contributed by atoms with Crippen LogP contribution in [-0.4, -0.2) is 40.5 Å². The molecule has 0 bridgehead atoms. The quantitative estimate of drug-likeness (QED) is 0.677. The van der Waals surface area contributed by atoms with Gasteiger partial charge in [-0.2, -0.15) is 0 Å². The molecule has 0 spiro atoms. The van der Waals surface area contributed by atoms with Gasteiger partial charge in [-0.05, 0) is 28.4 Å². The maximum atomic E-state index is 12.3. The molecule has 102 valence electrons. The summed E-state index contributed by atoms with van der Waals surface area (Å²) in [5, 5.41) is 19.9. The number of nitrogens with zero attached hydrogens (tertiary/aromatic N) is 2. The zero-order valence-corrected chi connectivity index (χ0v) is 11.7. The molecule has 19 heavy (non-hydrogen) atoms. The summed E-state index contributed by atoms with van der Waals surface area (Å²) in [5.41, 5.74) is 0.163. The van der Waals surface area contributed by atoms with Crippen molar-refractivity contribution in [3.05, 3.63) is 38.3 Å². The molecule has 6 nitrogen and oxygen atoms in total. The van der Waals surface area contributed by atoms with Gasteiger partial charge in [-0.15, -0.1) is 0 Å². The zero-order valence-electron chi connectivity index (χ0n) is 10.1. The molecule has 1 aromatic carbocycles. The first-order chi connectivity index (χ1) is 9.04. The molecule has 0 aromatic heterocycles. The van der Waals surface area contributed by atoms with Gasteiger partial charge in [0, 0.05) is 31.7 Å². The average Bonchev–Trinajstić information content (AvgIpc) is 2.86. The van der Waals surface area contributed by atoms with Crippen molar-refractivity contribution < 1.29 is 14.8 Å². The minimum absolute atomic E-state index is 0.0554. The van der Waals surface area contributed by atoms with E-state index in [1.54, 1.807) is 11.0 Å². The summed E-state index contributed by atoms with van der Waals surface area (Å²) in [4.78, 5) is 24.2. The lowest BCUT2D eigenvalue weighted by Gasteiger charge is -2.16. The number of hydrogen-bond donors (Lipinski definition) is 1. The van der Waals surface area contributed by atoms with E-state index in [0.717, 1.165) is 6.42 Å². The minimum atomic E-state index is -0.526. The van der Waals surface area contributed by atoms with Crippen molar-refractivity contribution in [2.24, 2.45) is 5.92 Å². The van der Waals surface area contributed by atoms with E-state index in [0.29, 0.717) is 13.1 Å². The van der Waals surface area contributed by atoms with Crippen molar-refractivity contribution in [1.82, 2.24) is 4.90 Å². The lowest BCUT2D eigenvalue weighted by Crippen LogP contribution is -2.29. The Morgan fingerprint density at radius 1 is 1.58 bits per heavy atom. The number of amides is 1. The molecule has 2 rings (SSSR count). The Morgan fingerprint density at radius 3 is 2.89 bits per heavy atom. The largest absolute Gasteiger partial charge is 0.396 e. The van der Waals surface area contributed by atoms with Crippen LogP contribution in [0, 0.1) is 16.0 Å². The number of carbonyl (C=O) groups is 1. The van der Waals surface area contributed by atoms with Crippen LogP contribution in [-0.2, 0) is 0 Å². The smallest absolute Gasteiger partial charge is 0.284 e. The minimum Gasteiger partial charge on any atom is -0.396 e. The van der Waals surface area contributed by atoms with Gasteiger partial charge in [0.2, 0.25) is 0 Å². The highest BCUT2D eigenvalue weighted by Crippen LogP contribution is 2.30. The van der Waals surface area contributed by atoms with Gasteiger partial charge in [-0.1, -0.05) is 6.07 Å². The molecule has 0 aliphatic carbocycles. The molecule has 1 unspecified atom stereocenters. The lowest BCUT2D eigenvalue weighted by atomic mass is 10.1. The van der Waals surface area contributed by atoms with Gasteiger partial charge in [0.15, 0.2) is 0 Å². The van der Waals surface area contributed by atoms with Crippen LogP contribution in [0.5, 0.6) is 0 Å². The monoisotopic (exact) mass is 328 g/mol. The Morgan fingerprint density at radius 2 is 2.32 bits per heavy atom. The maximum Gasteiger partial charge on any atom is 0.284 e. The molecule has 0 radical (unpaired) electrons. The average molecular weight is 329 g/mol. The normalized spacial score (nSPS) is 18.6. The van der Waals surface area contributed by atoms with Gasteiger partial charge < -0.3 is 10.0 Å². The number of aliphatic hydroxyl groups excluding tert-OH is 1. The molecule has 1 heterocycles. The van der Waals surface area contributed by atoms with Crippen LogP contribution in [0.25, 0.3) is 0 Å². The van der Waals surface area contributed by atoms with Crippen LogP contribution in [0.3, 0.4) is 0 Å². The van der Waals surface area contributed by atoms with Crippen LogP contribution < -0.4 is 0 Å². The number of hydrogen-bond acceptors (Lipinski definition) is 4. The van der Waals surface area contributed by atoms with Crippen LogP contribution in [0.1, 0.15) is 16.8 Å². The predicted molar refractivity (Wildman–Crippen MR) is 71.9 cm³/mol. The van der Waals surface area contributed by atoms with E-state index in [1.807, 2.05) is 0 Å². The third kappa shape index (κ3) is 2.76. The summed E-state index contributed by atoms with van der Waals surface area (Å²) in [5.74, 6) is -0.145. The standard InChI is InChI=1S/C12H13BrN2O4/c13-11-9(2-1-3-10(11)15(18)19)12(17)14-5-4-8(6-14)7-16/h1-3,8,16H,4-7H2. The number of carbonyl (C=O) groups excluding carboxylic acids is 1. The SMILES string of the molecule is O=C(c1cccc([N+](=O)[O-])c1Br)N1CCC(CO)C1. The third-order valence-corrected chi connectivity index (χ3v) is 4.07. The number of benzene rings is 1. The molecule has 1 atom stereocenters. The Balaban J connectivity index is 2.25. The van der Waals surface area contributed by atoms with Crippen molar-refractivity contribution in [3.8, 4) is 0 Å². The van der Waals surface area contributed by atoms with Crippen molar-refractivity contribution in [1.29, 1.82) is 0 Å². The summed E-state index contributed by atoms with van der Waals surface area (Å²) in [7, 11) is 0. The van der Waals surface area contributed by atoms with Crippen LogP contribution in [0.4, 0.5) is 5.69 Å². The van der Waals surface area contributed by atoms with Gasteiger partial charge in [0.05, 0.1) is 10.5 Å². The Kier molecular flexibility index (Phi) is 4.16. The summed E-state index contributed by atoms with van der Waals surface area (Å²) in [6.07, 6.45) is 0.759. The summed E-state index contributed by atoms with van der Waals surface area (Å²) < 4.78 is 0.206. The second kappa shape index (κ2) is 5.66. The highest BCUT2D eigenvalue weighted by atomic mass is 79.9. The molecule has 1 N–H and O–H groups in total. The van der Waals surface area contributed by atoms with Gasteiger partial charge >= 0.3 is 0 Å². The van der Waals surface area contributed by atoms with Crippen molar-refractivity contribution >= 4 is 27.5 Å². The molecule has 1 aliphatic rings. The first-order valence-corrected chi connectivity index (χ1v) is 6.67. The van der Waals surface area contributed by atoms with E-state index < -0.39 is 4.92 Å². The number of likely N-dealkylation sites (tertiary alicyclic amines) is 1. The Hall–Kier alpha value is -1.47. The highest BCUT2D eigenvalue weighted by Gasteiger charge is 2.29. The fourth-order valence-corrected chi connectivity index (χ4v) is 2.74. The molecule has 1 saturated heterocycles. The maximum absolute atomic E-state index is 12.3. The highest BCUT2D eigenvalue weighted by molar-refractivity contribution is 9.10. The molecular formula is C12H13BrN2O4. The van der Waals surface area contributed by atoms with E-state index in [2.05, 4.69) is 15.9 Å². The molecule has 7 heteroatoms. The first-order valence-electron chi connectivity index (χ1n) is 5.87. The molecule has 1 aliphatic heterocycles. The van der Waals surface area contributed by atoms with E-state index in [4.69, 9.17) is 5.11 Å². The summed E-state index contributed by atoms with van der Waals surface area (Å²) in [6, 6.07) is 4.41. The third-order valence-electron chi connectivity index (χ3n) is 3.24. The summed E-state index contributed by atoms with van der Waals surface area (Å²) >= 11 is 3.12. The molecule has 1 fully saturated rings. The summed E-state index contributed by atoms with van der Waals surface area (Å²) in [6.45, 7) is 1.11. The Bertz CT molecular complexity index is 520. The van der Waals surface area contributed by atoms with Gasteiger partial charge in [-0.25, -0.2) is 0 Å². The van der Waals surface area contributed by atoms with Gasteiger partial charge in [-0.3, -0.25) is 14.9 Å². The molecule has 1 aromatic rings. The molecule has 0 saturated carbocycles. The number of nitro groups is 1. The second-order valence-corrected chi connectivity index (χ2v) is 5.28. The van der Waals surface area contributed by atoms with Crippen LogP contribution in [0.15, 0.2) is 22.7 Å². The van der Waals surface area contributed by atoms with Crippen molar-refractivity contribution in [3.63, 3.8) is 0 Å². The van der Waals surface area contributed by atoms with E-state index >= 15 is 0 Å². The van der Waals surface area contributed by atoms with E-state index in [1.165, 1.54) is 12.1 Å². The van der Waals surface area contributed by atoms with Crippen LogP contribution >= 0.6 is 15.9 Å². The number of nitro benzene ring substituents is 1. The van der Waals surface area contributed by atoms with Gasteiger partial charge in [0.1, 0.15) is 4.47 Å². The topological polar surface area (TPSA) is 83.7 Å². The number of rotatable bonds is 3. The van der Waals surface area contributed by atoms with Gasteiger partial charge in [0.25, 0.3) is 11.6 Å². The zero-order chi connectivity index (χ0) is 14.0. The van der Waals surface area contributed by atoms with Crippen LogP contribution in [0.2, 0.25) is 0 Å². The fraction of sp³-hybridized carbons (Fsp3) is 0.417. The second-order valence-electron chi connectivity index (χ2n) is 4.48.